The average molecular weight is 389 g/mol. The molecule has 3 N–H and O–H groups in total. The Bertz CT molecular complexity index is 957. The molecule has 3 rings (SSSR count). The minimum absolute atomic E-state index is 0.146. The molecule has 6 heteroatoms. The van der Waals surface area contributed by atoms with E-state index in [9.17, 15) is 9.59 Å². The highest BCUT2D eigenvalue weighted by Gasteiger charge is 2.10. The molecular formula is C23H23N3O3. The maximum Gasteiger partial charge on any atom is 0.255 e. The second kappa shape index (κ2) is 10.1. The Morgan fingerprint density at radius 3 is 2.24 bits per heavy atom. The Labute approximate surface area is 169 Å². The van der Waals surface area contributed by atoms with Crippen LogP contribution in [0.4, 0.5) is 11.4 Å². The largest absolute Gasteiger partial charge is 0.495 e. The summed E-state index contributed by atoms with van der Waals surface area (Å²) in [5, 5.41) is 8.73. The third-order valence-corrected chi connectivity index (χ3v) is 4.24. The predicted molar refractivity (Wildman–Crippen MR) is 114 cm³/mol. The van der Waals surface area contributed by atoms with Crippen molar-refractivity contribution in [3.05, 3.63) is 90.0 Å². The maximum atomic E-state index is 12.4. The van der Waals surface area contributed by atoms with Crippen molar-refractivity contribution in [3.8, 4) is 5.75 Å². The molecule has 0 radical (unpaired) electrons. The fourth-order valence-electron chi connectivity index (χ4n) is 2.77. The summed E-state index contributed by atoms with van der Waals surface area (Å²) in [7, 11) is 1.55. The molecule has 0 saturated carbocycles. The van der Waals surface area contributed by atoms with Crippen LogP contribution in [0.5, 0.6) is 5.75 Å². The van der Waals surface area contributed by atoms with Gasteiger partial charge in [-0.05, 0) is 42.0 Å². The molecule has 0 atom stereocenters. The summed E-state index contributed by atoms with van der Waals surface area (Å²) < 4.78 is 5.24. The van der Waals surface area contributed by atoms with Gasteiger partial charge in [0.1, 0.15) is 5.75 Å². The van der Waals surface area contributed by atoms with E-state index in [4.69, 9.17) is 4.74 Å². The number of hydrogen-bond donors (Lipinski definition) is 3. The van der Waals surface area contributed by atoms with E-state index in [1.807, 2.05) is 42.5 Å². The number of benzene rings is 3. The predicted octanol–water partition coefficient (Wildman–Crippen LogP) is 3.68. The van der Waals surface area contributed by atoms with Crippen LogP contribution in [0.3, 0.4) is 0 Å². The van der Waals surface area contributed by atoms with Gasteiger partial charge in [0, 0.05) is 17.8 Å². The lowest BCUT2D eigenvalue weighted by atomic mass is 10.2. The van der Waals surface area contributed by atoms with E-state index in [2.05, 4.69) is 16.0 Å². The molecule has 148 valence electrons. The van der Waals surface area contributed by atoms with Gasteiger partial charge in [-0.3, -0.25) is 9.59 Å². The Morgan fingerprint density at radius 1 is 0.828 bits per heavy atom. The fraction of sp³-hybridized carbons (Fsp3) is 0.130. The van der Waals surface area contributed by atoms with Gasteiger partial charge in [0.2, 0.25) is 5.91 Å². The van der Waals surface area contributed by atoms with Crippen LogP contribution in [-0.2, 0) is 11.3 Å². The van der Waals surface area contributed by atoms with E-state index in [1.54, 1.807) is 43.5 Å². The van der Waals surface area contributed by atoms with Crippen molar-refractivity contribution in [1.82, 2.24) is 5.32 Å². The number of para-hydroxylation sites is 2. The van der Waals surface area contributed by atoms with Gasteiger partial charge in [-0.15, -0.1) is 0 Å². The molecule has 2 amide bonds. The van der Waals surface area contributed by atoms with Crippen molar-refractivity contribution in [2.75, 3.05) is 24.3 Å². The summed E-state index contributed by atoms with van der Waals surface area (Å²) in [6, 6.07) is 23.8. The number of nitrogens with one attached hydrogen (secondary N) is 3. The third-order valence-electron chi connectivity index (χ3n) is 4.24. The van der Waals surface area contributed by atoms with Crippen LogP contribution < -0.4 is 20.7 Å². The number of amides is 2. The smallest absolute Gasteiger partial charge is 0.255 e. The summed E-state index contributed by atoms with van der Waals surface area (Å²) in [5.74, 6) is 0.191. The van der Waals surface area contributed by atoms with E-state index in [0.29, 0.717) is 29.2 Å². The van der Waals surface area contributed by atoms with Gasteiger partial charge in [-0.25, -0.2) is 0 Å². The average Bonchev–Trinajstić information content (AvgIpc) is 2.75. The molecule has 0 aliphatic rings. The van der Waals surface area contributed by atoms with Crippen LogP contribution in [0.1, 0.15) is 15.9 Å². The molecule has 0 heterocycles. The molecule has 0 saturated heterocycles. The number of hydrogen-bond acceptors (Lipinski definition) is 4. The van der Waals surface area contributed by atoms with Crippen LogP contribution in [0.15, 0.2) is 78.9 Å². The van der Waals surface area contributed by atoms with Gasteiger partial charge in [0.05, 0.1) is 19.3 Å². The Morgan fingerprint density at radius 2 is 1.52 bits per heavy atom. The van der Waals surface area contributed by atoms with Gasteiger partial charge < -0.3 is 20.7 Å². The summed E-state index contributed by atoms with van der Waals surface area (Å²) in [6.45, 7) is 0.821. The zero-order valence-electron chi connectivity index (χ0n) is 16.1. The zero-order chi connectivity index (χ0) is 20.5. The summed E-state index contributed by atoms with van der Waals surface area (Å²) in [5.41, 5.74) is 2.83. The monoisotopic (exact) mass is 389 g/mol. The Kier molecular flexibility index (Phi) is 6.97. The number of carbonyl (C=O) groups is 2. The molecule has 3 aromatic carbocycles. The summed E-state index contributed by atoms with van der Waals surface area (Å²) in [6.07, 6.45) is 0. The van der Waals surface area contributed by atoms with E-state index in [-0.39, 0.29) is 18.4 Å². The van der Waals surface area contributed by atoms with Gasteiger partial charge in [-0.1, -0.05) is 42.5 Å². The van der Waals surface area contributed by atoms with Gasteiger partial charge in [-0.2, -0.15) is 0 Å². The van der Waals surface area contributed by atoms with Crippen molar-refractivity contribution >= 4 is 23.2 Å². The van der Waals surface area contributed by atoms with Crippen molar-refractivity contribution in [1.29, 1.82) is 0 Å². The molecule has 0 aromatic heterocycles. The molecule has 0 spiro atoms. The summed E-state index contributed by atoms with van der Waals surface area (Å²) >= 11 is 0. The van der Waals surface area contributed by atoms with Gasteiger partial charge in [0.15, 0.2) is 0 Å². The Balaban J connectivity index is 1.50. The summed E-state index contributed by atoms with van der Waals surface area (Å²) in [4.78, 5) is 24.5. The lowest BCUT2D eigenvalue weighted by Crippen LogP contribution is -2.27. The first-order valence-electron chi connectivity index (χ1n) is 9.24. The Hall–Kier alpha value is -3.64. The molecule has 0 fully saturated rings. The molecule has 29 heavy (non-hydrogen) atoms. The molecular weight excluding hydrogens is 366 g/mol. The quantitative estimate of drug-likeness (QED) is 0.549. The number of ether oxygens (including phenoxy) is 1. The van der Waals surface area contributed by atoms with Gasteiger partial charge >= 0.3 is 0 Å². The first kappa shape index (κ1) is 20.1. The van der Waals surface area contributed by atoms with Gasteiger partial charge in [0.25, 0.3) is 5.91 Å². The van der Waals surface area contributed by atoms with E-state index >= 15 is 0 Å². The SMILES string of the molecule is COc1ccccc1NC(=O)c1ccc(NC(=O)CNCc2ccccc2)cc1. The minimum atomic E-state index is -0.253. The van der Waals surface area contributed by atoms with Crippen LogP contribution >= 0.6 is 0 Å². The second-order valence-corrected chi connectivity index (χ2v) is 6.37. The van der Waals surface area contributed by atoms with Crippen molar-refractivity contribution in [2.45, 2.75) is 6.54 Å². The zero-order valence-corrected chi connectivity index (χ0v) is 16.1. The maximum absolute atomic E-state index is 12.4. The third kappa shape index (κ3) is 5.92. The molecule has 6 nitrogen and oxygen atoms in total. The van der Waals surface area contributed by atoms with Crippen LogP contribution in [0.25, 0.3) is 0 Å². The van der Waals surface area contributed by atoms with Crippen LogP contribution in [0, 0.1) is 0 Å². The highest BCUT2D eigenvalue weighted by atomic mass is 16.5. The number of anilines is 2. The number of methoxy groups -OCH3 is 1. The molecule has 0 unspecified atom stereocenters. The van der Waals surface area contributed by atoms with E-state index in [0.717, 1.165) is 5.56 Å². The van der Waals surface area contributed by atoms with Crippen molar-refractivity contribution in [3.63, 3.8) is 0 Å². The lowest BCUT2D eigenvalue weighted by Gasteiger charge is -2.10. The number of rotatable bonds is 8. The van der Waals surface area contributed by atoms with E-state index < -0.39 is 0 Å². The van der Waals surface area contributed by atoms with E-state index in [1.165, 1.54) is 0 Å². The standard InChI is InChI=1S/C23H23N3O3/c1-29-21-10-6-5-9-20(21)26-23(28)18-11-13-19(14-12-18)25-22(27)16-24-15-17-7-3-2-4-8-17/h2-14,24H,15-16H2,1H3,(H,25,27)(H,26,28). The first-order valence-corrected chi connectivity index (χ1v) is 9.24. The number of carbonyl (C=O) groups excluding carboxylic acids is 2. The molecule has 0 aliphatic carbocycles. The van der Waals surface area contributed by atoms with Crippen molar-refractivity contribution in [2.24, 2.45) is 0 Å². The highest BCUT2D eigenvalue weighted by molar-refractivity contribution is 6.05. The molecule has 0 bridgehead atoms. The van der Waals surface area contributed by atoms with Crippen molar-refractivity contribution < 1.29 is 14.3 Å². The fourth-order valence-corrected chi connectivity index (χ4v) is 2.77. The van der Waals surface area contributed by atoms with Crippen LogP contribution in [-0.4, -0.2) is 25.5 Å². The normalized spacial score (nSPS) is 10.2. The minimum Gasteiger partial charge on any atom is -0.495 e. The molecule has 0 aliphatic heterocycles. The second-order valence-electron chi connectivity index (χ2n) is 6.37. The first-order chi connectivity index (χ1) is 14.2. The molecule has 3 aromatic rings. The van der Waals surface area contributed by atoms with Crippen LogP contribution in [0.2, 0.25) is 0 Å². The lowest BCUT2D eigenvalue weighted by molar-refractivity contribution is -0.115. The highest BCUT2D eigenvalue weighted by Crippen LogP contribution is 2.23. The topological polar surface area (TPSA) is 79.5 Å².